The summed E-state index contributed by atoms with van der Waals surface area (Å²) in [7, 11) is -3.85. The van der Waals surface area contributed by atoms with Crippen LogP contribution in [0.25, 0.3) is 0 Å². The van der Waals surface area contributed by atoms with Crippen LogP contribution >= 0.6 is 0 Å². The third kappa shape index (κ3) is 3.88. The fourth-order valence-corrected chi connectivity index (χ4v) is 2.89. The molecule has 2 rings (SSSR count). The third-order valence-electron chi connectivity index (χ3n) is 3.01. The first kappa shape index (κ1) is 16.1. The molecule has 0 aliphatic rings. The predicted octanol–water partition coefficient (Wildman–Crippen LogP) is 1.81. The normalized spacial score (nSPS) is 11.2. The fourth-order valence-electron chi connectivity index (χ4n) is 1.92. The lowest BCUT2D eigenvalue weighted by Gasteiger charge is -2.09. The number of sulfone groups is 1. The Labute approximate surface area is 129 Å². The molecular formula is C15H17N3O3S. The van der Waals surface area contributed by atoms with Gasteiger partial charge in [0.2, 0.25) is 20.9 Å². The Balaban J connectivity index is 2.12. The van der Waals surface area contributed by atoms with Gasteiger partial charge in [0.25, 0.3) is 0 Å². The van der Waals surface area contributed by atoms with E-state index in [1.54, 1.807) is 13.0 Å². The van der Waals surface area contributed by atoms with Crippen molar-refractivity contribution in [3.8, 4) is 0 Å². The third-order valence-corrected chi connectivity index (χ3v) is 4.42. The molecule has 1 aromatic carbocycles. The number of hydrogen-bond donors (Lipinski definition) is 1. The molecular weight excluding hydrogens is 302 g/mol. The van der Waals surface area contributed by atoms with Crippen molar-refractivity contribution in [3.05, 3.63) is 47.3 Å². The molecule has 0 atom stereocenters. The van der Waals surface area contributed by atoms with Crippen LogP contribution in [0.3, 0.4) is 0 Å². The van der Waals surface area contributed by atoms with Gasteiger partial charge in [0.05, 0.1) is 0 Å². The summed E-state index contributed by atoms with van der Waals surface area (Å²) in [6.07, 6.45) is 2.81. The molecule has 2 aromatic rings. The van der Waals surface area contributed by atoms with Crippen molar-refractivity contribution in [2.24, 2.45) is 0 Å². The number of nitrogens with zero attached hydrogens (tertiary/aromatic N) is 2. The highest BCUT2D eigenvalue weighted by atomic mass is 32.2. The van der Waals surface area contributed by atoms with Gasteiger partial charge in [0.15, 0.2) is 0 Å². The summed E-state index contributed by atoms with van der Waals surface area (Å²) in [5.74, 6) is -1.31. The van der Waals surface area contributed by atoms with Crippen molar-refractivity contribution < 1.29 is 13.2 Å². The molecule has 0 aliphatic carbocycles. The number of nitrogens with one attached hydrogen (secondary N) is 1. The van der Waals surface area contributed by atoms with Gasteiger partial charge in [-0.25, -0.2) is 18.4 Å². The van der Waals surface area contributed by atoms with E-state index in [0.717, 1.165) is 16.7 Å². The molecule has 7 heteroatoms. The zero-order valence-corrected chi connectivity index (χ0v) is 13.4. The summed E-state index contributed by atoms with van der Waals surface area (Å²) in [5, 5.41) is 2.26. The maximum Gasteiger partial charge on any atom is 0.247 e. The highest BCUT2D eigenvalue weighted by Crippen LogP contribution is 2.16. The van der Waals surface area contributed by atoms with Crippen LogP contribution in [0.4, 0.5) is 5.69 Å². The summed E-state index contributed by atoms with van der Waals surface area (Å²) in [6.45, 7) is 5.54. The van der Waals surface area contributed by atoms with Crippen molar-refractivity contribution >= 4 is 21.4 Å². The molecule has 1 N–H and O–H groups in total. The molecule has 0 saturated heterocycles. The lowest BCUT2D eigenvalue weighted by atomic mass is 10.1. The van der Waals surface area contributed by atoms with E-state index in [4.69, 9.17) is 0 Å². The van der Waals surface area contributed by atoms with Crippen molar-refractivity contribution in [1.82, 2.24) is 9.97 Å². The van der Waals surface area contributed by atoms with Gasteiger partial charge < -0.3 is 5.32 Å². The zero-order chi connectivity index (χ0) is 16.3. The van der Waals surface area contributed by atoms with E-state index in [1.165, 1.54) is 12.4 Å². The fraction of sp³-hybridized carbons (Fsp3) is 0.267. The van der Waals surface area contributed by atoms with Crippen molar-refractivity contribution in [1.29, 1.82) is 0 Å². The Morgan fingerprint density at radius 3 is 2.32 bits per heavy atom. The molecule has 1 amide bonds. The molecule has 0 fully saturated rings. The molecule has 1 heterocycles. The molecule has 0 spiro atoms. The Kier molecular flexibility index (Phi) is 4.56. The van der Waals surface area contributed by atoms with Crippen LogP contribution in [0, 0.1) is 20.8 Å². The summed E-state index contributed by atoms with van der Waals surface area (Å²) in [4.78, 5) is 19.5. The molecule has 0 bridgehead atoms. The molecule has 1 aromatic heterocycles. The Morgan fingerprint density at radius 1 is 1.09 bits per heavy atom. The van der Waals surface area contributed by atoms with Gasteiger partial charge in [-0.15, -0.1) is 0 Å². The predicted molar refractivity (Wildman–Crippen MR) is 83.4 cm³/mol. The van der Waals surface area contributed by atoms with E-state index < -0.39 is 21.5 Å². The first-order valence-electron chi connectivity index (χ1n) is 6.66. The Morgan fingerprint density at radius 2 is 1.73 bits per heavy atom. The largest absolute Gasteiger partial charge is 0.325 e. The average molecular weight is 319 g/mol. The second-order valence-electron chi connectivity index (χ2n) is 5.17. The van der Waals surface area contributed by atoms with Gasteiger partial charge in [-0.3, -0.25) is 4.79 Å². The number of anilines is 1. The number of benzene rings is 1. The lowest BCUT2D eigenvalue weighted by molar-refractivity contribution is -0.113. The number of aryl methyl sites for hydroxylation is 3. The van der Waals surface area contributed by atoms with E-state index in [2.05, 4.69) is 15.3 Å². The molecule has 0 aliphatic heterocycles. The SMILES string of the molecule is Cc1cnc(S(=O)(=O)CC(=O)Nc2ccc(C)cc2C)nc1. The highest BCUT2D eigenvalue weighted by Gasteiger charge is 2.22. The first-order chi connectivity index (χ1) is 10.3. The van der Waals surface area contributed by atoms with Gasteiger partial charge >= 0.3 is 0 Å². The van der Waals surface area contributed by atoms with E-state index in [0.29, 0.717) is 5.69 Å². The standard InChI is InChI=1S/C15H17N3O3S/c1-10-4-5-13(12(3)6-10)18-14(19)9-22(20,21)15-16-7-11(2)8-17-15/h4-8H,9H2,1-3H3,(H,18,19). The maximum atomic E-state index is 12.1. The molecule has 0 unspecified atom stereocenters. The number of hydrogen-bond acceptors (Lipinski definition) is 5. The van der Waals surface area contributed by atoms with Crippen molar-refractivity contribution in [2.75, 3.05) is 11.1 Å². The Hall–Kier alpha value is -2.28. The Bertz CT molecular complexity index is 799. The smallest absolute Gasteiger partial charge is 0.247 e. The van der Waals surface area contributed by atoms with Crippen LogP contribution in [0.15, 0.2) is 35.7 Å². The van der Waals surface area contributed by atoms with Gasteiger partial charge in [-0.1, -0.05) is 17.7 Å². The van der Waals surface area contributed by atoms with Crippen LogP contribution in [0.1, 0.15) is 16.7 Å². The van der Waals surface area contributed by atoms with E-state index >= 15 is 0 Å². The number of carbonyl (C=O) groups is 1. The van der Waals surface area contributed by atoms with Crippen LogP contribution in [0.2, 0.25) is 0 Å². The maximum absolute atomic E-state index is 12.1. The van der Waals surface area contributed by atoms with Crippen LogP contribution < -0.4 is 5.32 Å². The van der Waals surface area contributed by atoms with E-state index in [9.17, 15) is 13.2 Å². The number of aromatic nitrogens is 2. The topological polar surface area (TPSA) is 89.0 Å². The summed E-state index contributed by atoms with van der Waals surface area (Å²) in [5.41, 5.74) is 3.28. The van der Waals surface area contributed by atoms with Crippen molar-refractivity contribution in [2.45, 2.75) is 25.9 Å². The number of amides is 1. The number of carbonyl (C=O) groups excluding carboxylic acids is 1. The minimum Gasteiger partial charge on any atom is -0.325 e. The highest BCUT2D eigenvalue weighted by molar-refractivity contribution is 7.91. The zero-order valence-electron chi connectivity index (χ0n) is 12.6. The van der Waals surface area contributed by atoms with Crippen LogP contribution in [-0.4, -0.2) is 30.0 Å². The van der Waals surface area contributed by atoms with Crippen LogP contribution in [0.5, 0.6) is 0 Å². The molecule has 22 heavy (non-hydrogen) atoms. The summed E-state index contributed by atoms with van der Waals surface area (Å²) >= 11 is 0. The van der Waals surface area contributed by atoms with Gasteiger partial charge in [0, 0.05) is 18.1 Å². The quantitative estimate of drug-likeness (QED) is 0.868. The van der Waals surface area contributed by atoms with Gasteiger partial charge in [-0.2, -0.15) is 0 Å². The molecule has 6 nitrogen and oxygen atoms in total. The van der Waals surface area contributed by atoms with Gasteiger partial charge in [0.1, 0.15) is 5.75 Å². The minimum absolute atomic E-state index is 0.339. The first-order valence-corrected chi connectivity index (χ1v) is 8.32. The van der Waals surface area contributed by atoms with Crippen LogP contribution in [-0.2, 0) is 14.6 Å². The monoisotopic (exact) mass is 319 g/mol. The minimum atomic E-state index is -3.85. The molecule has 116 valence electrons. The van der Waals surface area contributed by atoms with Crippen molar-refractivity contribution in [3.63, 3.8) is 0 Å². The second kappa shape index (κ2) is 6.23. The molecule has 0 radical (unpaired) electrons. The molecule has 0 saturated carbocycles. The summed E-state index contributed by atoms with van der Waals surface area (Å²) < 4.78 is 24.2. The summed E-state index contributed by atoms with van der Waals surface area (Å²) in [6, 6.07) is 5.50. The van der Waals surface area contributed by atoms with Gasteiger partial charge in [-0.05, 0) is 38.0 Å². The lowest BCUT2D eigenvalue weighted by Crippen LogP contribution is -2.24. The average Bonchev–Trinajstić information content (AvgIpc) is 2.42. The van der Waals surface area contributed by atoms with E-state index in [-0.39, 0.29) is 5.16 Å². The van der Waals surface area contributed by atoms with E-state index in [1.807, 2.05) is 26.0 Å². The number of rotatable bonds is 4. The second-order valence-corrected chi connectivity index (χ2v) is 7.05.